The van der Waals surface area contributed by atoms with Crippen molar-refractivity contribution in [2.75, 3.05) is 12.1 Å². The van der Waals surface area contributed by atoms with E-state index >= 15 is 0 Å². The lowest BCUT2D eigenvalue weighted by Gasteiger charge is -2.07. The predicted octanol–water partition coefficient (Wildman–Crippen LogP) is 3.62. The van der Waals surface area contributed by atoms with Gasteiger partial charge in [-0.3, -0.25) is 0 Å². The number of ether oxygens (including phenoxy) is 2. The smallest absolute Gasteiger partial charge is 0.231 e. The number of aryl methyl sites for hydroxylation is 1. The van der Waals surface area contributed by atoms with Crippen molar-refractivity contribution in [1.29, 1.82) is 0 Å². The highest BCUT2D eigenvalue weighted by atomic mass is 79.9. The van der Waals surface area contributed by atoms with E-state index in [2.05, 4.69) is 26.2 Å². The van der Waals surface area contributed by atoms with Crippen LogP contribution in [-0.4, -0.2) is 11.8 Å². The highest BCUT2D eigenvalue weighted by Gasteiger charge is 2.13. The molecule has 0 unspecified atom stereocenters. The van der Waals surface area contributed by atoms with Crippen LogP contribution in [0.25, 0.3) is 0 Å². The molecule has 3 rings (SSSR count). The Labute approximate surface area is 113 Å². The lowest BCUT2D eigenvalue weighted by atomic mass is 10.2. The first-order chi connectivity index (χ1) is 8.72. The third-order valence-electron chi connectivity index (χ3n) is 2.67. The van der Waals surface area contributed by atoms with Gasteiger partial charge in [-0.05, 0) is 47.1 Å². The van der Waals surface area contributed by atoms with Crippen LogP contribution in [0.1, 0.15) is 5.69 Å². The number of fused-ring (bicyclic) bond motifs is 1. The SMILES string of the molecule is Cc1nc(Nc2ccc3c(c2)OCO3)ccc1Br. The van der Waals surface area contributed by atoms with Crippen LogP contribution in [0.4, 0.5) is 11.5 Å². The van der Waals surface area contributed by atoms with Crippen molar-refractivity contribution in [2.45, 2.75) is 6.92 Å². The van der Waals surface area contributed by atoms with Gasteiger partial charge >= 0.3 is 0 Å². The number of rotatable bonds is 2. The Kier molecular flexibility index (Phi) is 2.83. The summed E-state index contributed by atoms with van der Waals surface area (Å²) in [6, 6.07) is 9.61. The minimum atomic E-state index is 0.286. The third-order valence-corrected chi connectivity index (χ3v) is 3.50. The fourth-order valence-electron chi connectivity index (χ4n) is 1.74. The first kappa shape index (κ1) is 11.3. The number of hydrogen-bond donors (Lipinski definition) is 1. The quantitative estimate of drug-likeness (QED) is 0.920. The molecule has 4 nitrogen and oxygen atoms in total. The Balaban J connectivity index is 1.85. The molecule has 18 heavy (non-hydrogen) atoms. The predicted molar refractivity (Wildman–Crippen MR) is 72.5 cm³/mol. The summed E-state index contributed by atoms with van der Waals surface area (Å²) >= 11 is 3.43. The zero-order valence-electron chi connectivity index (χ0n) is 9.74. The fourth-order valence-corrected chi connectivity index (χ4v) is 1.96. The monoisotopic (exact) mass is 306 g/mol. The van der Waals surface area contributed by atoms with Crippen molar-refractivity contribution in [2.24, 2.45) is 0 Å². The second-order valence-electron chi connectivity index (χ2n) is 3.96. The van der Waals surface area contributed by atoms with Crippen molar-refractivity contribution < 1.29 is 9.47 Å². The average Bonchev–Trinajstić information content (AvgIpc) is 2.81. The minimum absolute atomic E-state index is 0.286. The number of pyridine rings is 1. The first-order valence-corrected chi connectivity index (χ1v) is 6.31. The van der Waals surface area contributed by atoms with E-state index in [1.807, 2.05) is 37.3 Å². The highest BCUT2D eigenvalue weighted by Crippen LogP contribution is 2.35. The van der Waals surface area contributed by atoms with Gasteiger partial charge in [0.25, 0.3) is 0 Å². The van der Waals surface area contributed by atoms with E-state index in [4.69, 9.17) is 9.47 Å². The molecule has 0 spiro atoms. The molecule has 0 saturated carbocycles. The lowest BCUT2D eigenvalue weighted by molar-refractivity contribution is 0.174. The van der Waals surface area contributed by atoms with Crippen molar-refractivity contribution in [1.82, 2.24) is 4.98 Å². The molecule has 92 valence electrons. The summed E-state index contributed by atoms with van der Waals surface area (Å²) in [4.78, 5) is 4.43. The molecule has 1 N–H and O–H groups in total. The standard InChI is InChI=1S/C13H11BrN2O2/c1-8-10(14)3-5-13(15-8)16-9-2-4-11-12(6-9)18-7-17-11/h2-6H,7H2,1H3,(H,15,16). The summed E-state index contributed by atoms with van der Waals surface area (Å²) in [5.41, 5.74) is 1.87. The van der Waals surface area contributed by atoms with E-state index in [1.54, 1.807) is 0 Å². The summed E-state index contributed by atoms with van der Waals surface area (Å²) in [5, 5.41) is 3.23. The Bertz CT molecular complexity index is 602. The molecule has 1 aromatic heterocycles. The number of halogens is 1. The van der Waals surface area contributed by atoms with Gasteiger partial charge in [0.2, 0.25) is 6.79 Å². The summed E-state index contributed by atoms with van der Waals surface area (Å²) in [6.07, 6.45) is 0. The molecule has 2 aromatic rings. The maximum atomic E-state index is 5.33. The molecule has 1 aliphatic heterocycles. The second kappa shape index (κ2) is 4.49. The first-order valence-electron chi connectivity index (χ1n) is 5.52. The van der Waals surface area contributed by atoms with Crippen LogP contribution in [0.15, 0.2) is 34.8 Å². The minimum Gasteiger partial charge on any atom is -0.454 e. The molecule has 0 saturated heterocycles. The van der Waals surface area contributed by atoms with Crippen molar-refractivity contribution in [3.05, 3.63) is 40.5 Å². The van der Waals surface area contributed by atoms with Crippen molar-refractivity contribution in [3.63, 3.8) is 0 Å². The van der Waals surface area contributed by atoms with E-state index in [1.165, 1.54) is 0 Å². The second-order valence-corrected chi connectivity index (χ2v) is 4.81. The Morgan fingerprint density at radius 2 is 2.00 bits per heavy atom. The van der Waals surface area contributed by atoms with E-state index in [0.717, 1.165) is 33.2 Å². The summed E-state index contributed by atoms with van der Waals surface area (Å²) < 4.78 is 11.6. The molecular weight excluding hydrogens is 296 g/mol. The summed E-state index contributed by atoms with van der Waals surface area (Å²) in [6.45, 7) is 2.24. The summed E-state index contributed by atoms with van der Waals surface area (Å²) in [5.74, 6) is 2.34. The molecule has 5 heteroatoms. The van der Waals surface area contributed by atoms with Gasteiger partial charge in [0.05, 0.1) is 5.69 Å². The van der Waals surface area contributed by atoms with Crippen LogP contribution in [0.5, 0.6) is 11.5 Å². The normalized spacial score (nSPS) is 12.6. The topological polar surface area (TPSA) is 43.4 Å². The molecule has 1 aliphatic rings. The van der Waals surface area contributed by atoms with Crippen LogP contribution < -0.4 is 14.8 Å². The highest BCUT2D eigenvalue weighted by molar-refractivity contribution is 9.10. The number of anilines is 2. The van der Waals surface area contributed by atoms with E-state index in [9.17, 15) is 0 Å². The van der Waals surface area contributed by atoms with Gasteiger partial charge < -0.3 is 14.8 Å². The number of nitrogens with zero attached hydrogens (tertiary/aromatic N) is 1. The molecule has 0 bridgehead atoms. The van der Waals surface area contributed by atoms with Crippen molar-refractivity contribution in [3.8, 4) is 11.5 Å². The van der Waals surface area contributed by atoms with Crippen LogP contribution >= 0.6 is 15.9 Å². The zero-order valence-corrected chi connectivity index (χ0v) is 11.3. The van der Waals surface area contributed by atoms with Gasteiger partial charge in [-0.2, -0.15) is 0 Å². The van der Waals surface area contributed by atoms with Crippen molar-refractivity contribution >= 4 is 27.4 Å². The summed E-state index contributed by atoms with van der Waals surface area (Å²) in [7, 11) is 0. The largest absolute Gasteiger partial charge is 0.454 e. The molecule has 2 heterocycles. The van der Waals surface area contributed by atoms with Gasteiger partial charge in [0.1, 0.15) is 5.82 Å². The molecule has 1 aromatic carbocycles. The van der Waals surface area contributed by atoms with Gasteiger partial charge in [0, 0.05) is 16.2 Å². The van der Waals surface area contributed by atoms with Crippen LogP contribution in [0, 0.1) is 6.92 Å². The van der Waals surface area contributed by atoms with Crippen LogP contribution in [0.2, 0.25) is 0 Å². The van der Waals surface area contributed by atoms with E-state index < -0.39 is 0 Å². The Hall–Kier alpha value is -1.75. The Morgan fingerprint density at radius 1 is 1.17 bits per heavy atom. The maximum absolute atomic E-state index is 5.33. The fraction of sp³-hybridized carbons (Fsp3) is 0.154. The molecule has 0 aliphatic carbocycles. The van der Waals surface area contributed by atoms with Crippen LogP contribution in [-0.2, 0) is 0 Å². The van der Waals surface area contributed by atoms with Gasteiger partial charge in [0.15, 0.2) is 11.5 Å². The zero-order chi connectivity index (χ0) is 12.5. The molecular formula is C13H11BrN2O2. The lowest BCUT2D eigenvalue weighted by Crippen LogP contribution is -1.95. The van der Waals surface area contributed by atoms with Gasteiger partial charge in [-0.25, -0.2) is 4.98 Å². The Morgan fingerprint density at radius 3 is 2.83 bits per heavy atom. The molecule has 0 amide bonds. The molecule has 0 atom stereocenters. The molecule has 0 radical (unpaired) electrons. The number of aromatic nitrogens is 1. The van der Waals surface area contributed by atoms with Crippen LogP contribution in [0.3, 0.4) is 0 Å². The number of benzene rings is 1. The van der Waals surface area contributed by atoms with E-state index in [-0.39, 0.29) is 6.79 Å². The van der Waals surface area contributed by atoms with Gasteiger partial charge in [-0.1, -0.05) is 0 Å². The average molecular weight is 307 g/mol. The van der Waals surface area contributed by atoms with E-state index in [0.29, 0.717) is 0 Å². The molecule has 0 fully saturated rings. The maximum Gasteiger partial charge on any atom is 0.231 e. The number of nitrogens with one attached hydrogen (secondary N) is 1. The van der Waals surface area contributed by atoms with Gasteiger partial charge in [-0.15, -0.1) is 0 Å². The third kappa shape index (κ3) is 2.13. The number of hydrogen-bond acceptors (Lipinski definition) is 4.